The van der Waals surface area contributed by atoms with Gasteiger partial charge in [0.15, 0.2) is 0 Å². The molecule has 0 N–H and O–H groups in total. The molecule has 0 radical (unpaired) electrons. The molecular formula is C16H19N3. The van der Waals surface area contributed by atoms with E-state index in [0.717, 1.165) is 29.6 Å². The van der Waals surface area contributed by atoms with Crippen LogP contribution in [0.15, 0.2) is 30.5 Å². The van der Waals surface area contributed by atoms with Crippen LogP contribution in [0, 0.1) is 11.3 Å². The quantitative estimate of drug-likeness (QED) is 0.833. The largest absolute Gasteiger partial charge is 0.367 e. The average Bonchev–Trinajstić information content (AvgIpc) is 2.47. The molecular weight excluding hydrogens is 234 g/mol. The summed E-state index contributed by atoms with van der Waals surface area (Å²) >= 11 is 0. The van der Waals surface area contributed by atoms with Gasteiger partial charge in [-0.1, -0.05) is 25.1 Å². The van der Waals surface area contributed by atoms with Gasteiger partial charge in [0.25, 0.3) is 0 Å². The highest BCUT2D eigenvalue weighted by molar-refractivity contribution is 5.94. The number of hydrogen-bond donors (Lipinski definition) is 0. The Labute approximate surface area is 114 Å². The lowest BCUT2D eigenvalue weighted by Crippen LogP contribution is -2.33. The van der Waals surface area contributed by atoms with Crippen molar-refractivity contribution in [3.05, 3.63) is 36.0 Å². The molecule has 0 aliphatic heterocycles. The van der Waals surface area contributed by atoms with E-state index in [1.807, 2.05) is 24.3 Å². The number of para-hydroxylation sites is 1. The standard InChI is InChI=1S/C16H19N3/c1-4-12(3)19(5-2)16-13(10-17)11-18-15-9-7-6-8-14(15)16/h6-9,11-12H,4-5H2,1-3H3. The molecule has 0 aliphatic carbocycles. The summed E-state index contributed by atoms with van der Waals surface area (Å²) in [5.41, 5.74) is 2.61. The average molecular weight is 253 g/mol. The van der Waals surface area contributed by atoms with Crippen LogP contribution in [0.4, 0.5) is 5.69 Å². The molecule has 1 unspecified atom stereocenters. The van der Waals surface area contributed by atoms with E-state index in [-0.39, 0.29) is 0 Å². The van der Waals surface area contributed by atoms with E-state index in [1.54, 1.807) is 6.20 Å². The van der Waals surface area contributed by atoms with Crippen LogP contribution in [0.25, 0.3) is 10.9 Å². The van der Waals surface area contributed by atoms with Crippen molar-refractivity contribution >= 4 is 16.6 Å². The Morgan fingerprint density at radius 2 is 2.05 bits per heavy atom. The summed E-state index contributed by atoms with van der Waals surface area (Å²) in [6.45, 7) is 7.38. The summed E-state index contributed by atoms with van der Waals surface area (Å²) in [7, 11) is 0. The molecule has 1 atom stereocenters. The first kappa shape index (κ1) is 13.4. The molecule has 0 aliphatic rings. The van der Waals surface area contributed by atoms with Crippen LogP contribution in [0.1, 0.15) is 32.8 Å². The van der Waals surface area contributed by atoms with Gasteiger partial charge in [-0.2, -0.15) is 5.26 Å². The number of benzene rings is 1. The van der Waals surface area contributed by atoms with Crippen LogP contribution in [-0.2, 0) is 0 Å². The molecule has 1 aromatic heterocycles. The minimum Gasteiger partial charge on any atom is -0.367 e. The Morgan fingerprint density at radius 1 is 1.32 bits per heavy atom. The Hall–Kier alpha value is -2.08. The van der Waals surface area contributed by atoms with Gasteiger partial charge in [-0.15, -0.1) is 0 Å². The van der Waals surface area contributed by atoms with Crippen LogP contribution in [-0.4, -0.2) is 17.6 Å². The Bertz CT molecular complexity index is 613. The zero-order chi connectivity index (χ0) is 13.8. The first-order valence-corrected chi connectivity index (χ1v) is 6.77. The van der Waals surface area contributed by atoms with Gasteiger partial charge in [0.1, 0.15) is 6.07 Å². The fourth-order valence-corrected chi connectivity index (χ4v) is 2.43. The van der Waals surface area contributed by atoms with Crippen molar-refractivity contribution in [1.82, 2.24) is 4.98 Å². The number of nitrogens with zero attached hydrogens (tertiary/aromatic N) is 3. The van der Waals surface area contributed by atoms with Gasteiger partial charge in [0, 0.05) is 24.2 Å². The maximum Gasteiger partial charge on any atom is 0.103 e. The lowest BCUT2D eigenvalue weighted by Gasteiger charge is -2.31. The highest BCUT2D eigenvalue weighted by Gasteiger charge is 2.18. The molecule has 0 saturated heterocycles. The van der Waals surface area contributed by atoms with Crippen molar-refractivity contribution < 1.29 is 0 Å². The molecule has 0 saturated carbocycles. The highest BCUT2D eigenvalue weighted by Crippen LogP contribution is 2.30. The molecule has 1 aromatic carbocycles. The summed E-state index contributed by atoms with van der Waals surface area (Å²) in [6.07, 6.45) is 2.73. The predicted molar refractivity (Wildman–Crippen MR) is 79.2 cm³/mol. The lowest BCUT2D eigenvalue weighted by molar-refractivity contribution is 0.631. The van der Waals surface area contributed by atoms with Gasteiger partial charge >= 0.3 is 0 Å². The topological polar surface area (TPSA) is 39.9 Å². The maximum absolute atomic E-state index is 9.36. The van der Waals surface area contributed by atoms with Crippen molar-refractivity contribution in [3.63, 3.8) is 0 Å². The van der Waals surface area contributed by atoms with Crippen LogP contribution in [0.3, 0.4) is 0 Å². The summed E-state index contributed by atoms with van der Waals surface area (Å²) in [5, 5.41) is 10.4. The summed E-state index contributed by atoms with van der Waals surface area (Å²) in [4.78, 5) is 6.66. The van der Waals surface area contributed by atoms with E-state index in [2.05, 4.69) is 36.7 Å². The lowest BCUT2D eigenvalue weighted by atomic mass is 10.1. The number of nitriles is 1. The third kappa shape index (κ3) is 2.39. The number of rotatable bonds is 4. The summed E-state index contributed by atoms with van der Waals surface area (Å²) in [5.74, 6) is 0. The van der Waals surface area contributed by atoms with E-state index in [0.29, 0.717) is 11.6 Å². The normalized spacial score (nSPS) is 12.1. The molecule has 2 aromatic rings. The minimum atomic E-state index is 0.405. The Balaban J connectivity index is 2.71. The number of fused-ring (bicyclic) bond motifs is 1. The van der Waals surface area contributed by atoms with Gasteiger partial charge < -0.3 is 4.90 Å². The number of pyridine rings is 1. The second-order valence-corrected chi connectivity index (χ2v) is 4.69. The first-order chi connectivity index (χ1) is 9.22. The second kappa shape index (κ2) is 5.71. The van der Waals surface area contributed by atoms with Crippen molar-refractivity contribution in [2.24, 2.45) is 0 Å². The van der Waals surface area contributed by atoms with E-state index in [1.165, 1.54) is 0 Å². The third-order valence-electron chi connectivity index (χ3n) is 3.62. The van der Waals surface area contributed by atoms with E-state index < -0.39 is 0 Å². The van der Waals surface area contributed by atoms with Crippen molar-refractivity contribution in [1.29, 1.82) is 5.26 Å². The van der Waals surface area contributed by atoms with Gasteiger partial charge in [0.05, 0.1) is 16.8 Å². The minimum absolute atomic E-state index is 0.405. The number of hydrogen-bond acceptors (Lipinski definition) is 3. The van der Waals surface area contributed by atoms with Gasteiger partial charge in [0.2, 0.25) is 0 Å². The van der Waals surface area contributed by atoms with Gasteiger partial charge in [-0.05, 0) is 26.3 Å². The second-order valence-electron chi connectivity index (χ2n) is 4.69. The number of aromatic nitrogens is 1. The molecule has 0 spiro atoms. The summed E-state index contributed by atoms with van der Waals surface area (Å²) in [6, 6.07) is 10.7. The molecule has 1 heterocycles. The van der Waals surface area contributed by atoms with Crippen LogP contribution < -0.4 is 4.90 Å². The van der Waals surface area contributed by atoms with Crippen LogP contribution >= 0.6 is 0 Å². The molecule has 3 nitrogen and oxygen atoms in total. The fraction of sp³-hybridized carbons (Fsp3) is 0.375. The maximum atomic E-state index is 9.36. The Kier molecular flexibility index (Phi) is 4.01. The Morgan fingerprint density at radius 3 is 2.68 bits per heavy atom. The van der Waals surface area contributed by atoms with E-state index in [9.17, 15) is 5.26 Å². The molecule has 0 fully saturated rings. The third-order valence-corrected chi connectivity index (χ3v) is 3.62. The van der Waals surface area contributed by atoms with Gasteiger partial charge in [-0.3, -0.25) is 4.98 Å². The van der Waals surface area contributed by atoms with Crippen molar-refractivity contribution in [2.75, 3.05) is 11.4 Å². The molecule has 98 valence electrons. The molecule has 0 bridgehead atoms. The van der Waals surface area contributed by atoms with Crippen LogP contribution in [0.5, 0.6) is 0 Å². The number of anilines is 1. The van der Waals surface area contributed by atoms with Crippen molar-refractivity contribution in [3.8, 4) is 6.07 Å². The SMILES string of the molecule is CCC(C)N(CC)c1c(C#N)cnc2ccccc12. The molecule has 19 heavy (non-hydrogen) atoms. The van der Waals surface area contributed by atoms with Crippen LogP contribution in [0.2, 0.25) is 0 Å². The summed E-state index contributed by atoms with van der Waals surface area (Å²) < 4.78 is 0. The molecule has 3 heteroatoms. The zero-order valence-corrected chi connectivity index (χ0v) is 11.7. The smallest absolute Gasteiger partial charge is 0.103 e. The zero-order valence-electron chi connectivity index (χ0n) is 11.7. The fourth-order valence-electron chi connectivity index (χ4n) is 2.43. The first-order valence-electron chi connectivity index (χ1n) is 6.77. The van der Waals surface area contributed by atoms with E-state index >= 15 is 0 Å². The molecule has 2 rings (SSSR count). The molecule has 0 amide bonds. The highest BCUT2D eigenvalue weighted by atomic mass is 15.2. The van der Waals surface area contributed by atoms with Gasteiger partial charge in [-0.25, -0.2) is 0 Å². The van der Waals surface area contributed by atoms with E-state index in [4.69, 9.17) is 0 Å². The predicted octanol–water partition coefficient (Wildman–Crippen LogP) is 3.73. The van der Waals surface area contributed by atoms with Crippen molar-refractivity contribution in [2.45, 2.75) is 33.2 Å². The monoisotopic (exact) mass is 253 g/mol.